The average molecular weight is 290 g/mol. The highest BCUT2D eigenvalue weighted by molar-refractivity contribution is 5.26. The van der Waals surface area contributed by atoms with E-state index >= 15 is 0 Å². The molecule has 0 radical (unpaired) electrons. The number of aryl methyl sites for hydroxylation is 2. The van der Waals surface area contributed by atoms with Gasteiger partial charge in [0.05, 0.1) is 18.4 Å². The molecule has 0 N–H and O–H groups in total. The van der Waals surface area contributed by atoms with Crippen LogP contribution in [0.3, 0.4) is 0 Å². The van der Waals surface area contributed by atoms with Crippen molar-refractivity contribution >= 4 is 0 Å². The fraction of sp³-hybridized carbons (Fsp3) is 0.438. The number of hydrogen-bond acceptors (Lipinski definition) is 4. The first-order valence-corrected chi connectivity index (χ1v) is 7.14. The fourth-order valence-electron chi connectivity index (χ4n) is 2.64. The van der Waals surface area contributed by atoms with Crippen molar-refractivity contribution in [3.8, 4) is 0 Å². The molecule has 1 aliphatic rings. The van der Waals surface area contributed by atoms with E-state index in [-0.39, 0.29) is 11.9 Å². The van der Waals surface area contributed by atoms with Crippen molar-refractivity contribution in [3.05, 3.63) is 52.7 Å². The van der Waals surface area contributed by atoms with Crippen LogP contribution in [-0.4, -0.2) is 29.8 Å². The van der Waals surface area contributed by atoms with E-state index in [9.17, 15) is 4.39 Å². The topological polar surface area (TPSA) is 38.5 Å². The maximum atomic E-state index is 13.4. The van der Waals surface area contributed by atoms with Crippen LogP contribution in [0.25, 0.3) is 0 Å². The van der Waals surface area contributed by atoms with Crippen LogP contribution < -0.4 is 0 Å². The van der Waals surface area contributed by atoms with Gasteiger partial charge in [-0.15, -0.1) is 0 Å². The predicted octanol–water partition coefficient (Wildman–Crippen LogP) is 3.00. The Morgan fingerprint density at radius 1 is 1.33 bits per heavy atom. The van der Waals surface area contributed by atoms with Crippen LogP contribution >= 0.6 is 0 Å². The number of morpholine rings is 1. The van der Waals surface area contributed by atoms with Crippen LogP contribution in [0.2, 0.25) is 0 Å². The quantitative estimate of drug-likeness (QED) is 0.871. The van der Waals surface area contributed by atoms with Crippen LogP contribution in [0.5, 0.6) is 0 Å². The second-order valence-electron chi connectivity index (χ2n) is 5.53. The zero-order valence-corrected chi connectivity index (χ0v) is 12.3. The van der Waals surface area contributed by atoms with Gasteiger partial charge in [0.1, 0.15) is 11.6 Å². The molecular weight excluding hydrogens is 271 g/mol. The minimum atomic E-state index is -0.176. The van der Waals surface area contributed by atoms with Gasteiger partial charge in [-0.1, -0.05) is 17.3 Å². The average Bonchev–Trinajstić information content (AvgIpc) is 2.87. The van der Waals surface area contributed by atoms with E-state index < -0.39 is 0 Å². The Kier molecular flexibility index (Phi) is 4.03. The van der Waals surface area contributed by atoms with Gasteiger partial charge in [-0.05, 0) is 31.0 Å². The molecule has 1 aromatic carbocycles. The third kappa shape index (κ3) is 3.31. The molecule has 1 aliphatic heterocycles. The van der Waals surface area contributed by atoms with Crippen LogP contribution in [0, 0.1) is 19.7 Å². The van der Waals surface area contributed by atoms with E-state index in [1.54, 1.807) is 13.0 Å². The summed E-state index contributed by atoms with van der Waals surface area (Å²) in [5.41, 5.74) is 2.61. The third-order valence-corrected chi connectivity index (χ3v) is 3.77. The summed E-state index contributed by atoms with van der Waals surface area (Å²) in [5.74, 6) is 0.647. The molecule has 0 saturated carbocycles. The first-order valence-electron chi connectivity index (χ1n) is 7.14. The number of ether oxygens (including phenoxy) is 1. The van der Waals surface area contributed by atoms with Gasteiger partial charge in [-0.3, -0.25) is 4.90 Å². The number of hydrogen-bond donors (Lipinski definition) is 0. The number of halogens is 1. The predicted molar refractivity (Wildman–Crippen MR) is 76.3 cm³/mol. The summed E-state index contributed by atoms with van der Waals surface area (Å²) in [5, 5.41) is 4.03. The molecule has 2 aromatic rings. The molecule has 0 amide bonds. The monoisotopic (exact) mass is 290 g/mol. The lowest BCUT2D eigenvalue weighted by Gasteiger charge is -2.32. The van der Waals surface area contributed by atoms with Crippen molar-refractivity contribution in [2.24, 2.45) is 0 Å². The van der Waals surface area contributed by atoms with Gasteiger partial charge in [-0.25, -0.2) is 4.39 Å². The van der Waals surface area contributed by atoms with E-state index in [4.69, 9.17) is 9.26 Å². The zero-order valence-electron chi connectivity index (χ0n) is 12.3. The summed E-state index contributed by atoms with van der Waals surface area (Å²) >= 11 is 0. The van der Waals surface area contributed by atoms with Gasteiger partial charge in [0.2, 0.25) is 0 Å². The van der Waals surface area contributed by atoms with E-state index in [1.165, 1.54) is 6.07 Å². The molecule has 21 heavy (non-hydrogen) atoms. The smallest absolute Gasteiger partial charge is 0.133 e. The lowest BCUT2D eigenvalue weighted by Crippen LogP contribution is -2.37. The van der Waals surface area contributed by atoms with E-state index in [0.29, 0.717) is 12.2 Å². The van der Waals surface area contributed by atoms with Gasteiger partial charge in [0.25, 0.3) is 0 Å². The van der Waals surface area contributed by atoms with Crippen LogP contribution in [-0.2, 0) is 11.3 Å². The largest absolute Gasteiger partial charge is 0.371 e. The zero-order chi connectivity index (χ0) is 14.8. The molecule has 0 aliphatic carbocycles. The van der Waals surface area contributed by atoms with Crippen molar-refractivity contribution in [2.45, 2.75) is 26.5 Å². The lowest BCUT2D eigenvalue weighted by molar-refractivity contribution is -0.0335. The molecule has 1 saturated heterocycles. The maximum absolute atomic E-state index is 13.4. The Labute approximate surface area is 123 Å². The number of benzene rings is 1. The molecule has 1 unspecified atom stereocenters. The highest BCUT2D eigenvalue weighted by Gasteiger charge is 2.23. The van der Waals surface area contributed by atoms with Crippen molar-refractivity contribution in [1.29, 1.82) is 0 Å². The Morgan fingerprint density at radius 2 is 2.19 bits per heavy atom. The highest BCUT2D eigenvalue weighted by Crippen LogP contribution is 2.24. The highest BCUT2D eigenvalue weighted by atomic mass is 19.1. The molecule has 1 fully saturated rings. The van der Waals surface area contributed by atoms with Crippen molar-refractivity contribution in [3.63, 3.8) is 0 Å². The lowest BCUT2D eigenvalue weighted by atomic mass is 10.0. The Balaban J connectivity index is 1.68. The van der Waals surface area contributed by atoms with E-state index in [1.807, 2.05) is 19.1 Å². The molecule has 0 spiro atoms. The molecule has 4 nitrogen and oxygen atoms in total. The molecule has 3 rings (SSSR count). The van der Waals surface area contributed by atoms with Crippen molar-refractivity contribution in [1.82, 2.24) is 10.1 Å². The van der Waals surface area contributed by atoms with Gasteiger partial charge < -0.3 is 9.26 Å². The summed E-state index contributed by atoms with van der Waals surface area (Å²) in [4.78, 5) is 2.28. The number of rotatable bonds is 3. The SMILES string of the molecule is Cc1cc(CN2CCOC(c3ccc(F)c(C)c3)C2)no1. The van der Waals surface area contributed by atoms with Gasteiger partial charge >= 0.3 is 0 Å². The fourth-order valence-corrected chi connectivity index (χ4v) is 2.64. The van der Waals surface area contributed by atoms with Crippen LogP contribution in [0.15, 0.2) is 28.8 Å². The first kappa shape index (κ1) is 14.2. The van der Waals surface area contributed by atoms with Gasteiger partial charge in [0, 0.05) is 25.7 Å². The third-order valence-electron chi connectivity index (χ3n) is 3.77. The standard InChI is InChI=1S/C16H19FN2O2/c1-11-7-13(3-4-15(11)17)16-10-19(5-6-20-16)9-14-8-12(2)21-18-14/h3-4,7-8,16H,5-6,9-10H2,1-2H3. The van der Waals surface area contributed by atoms with Crippen LogP contribution in [0.4, 0.5) is 4.39 Å². The summed E-state index contributed by atoms with van der Waals surface area (Å²) in [6.45, 7) is 6.71. The number of aromatic nitrogens is 1. The minimum absolute atomic E-state index is 0.0222. The summed E-state index contributed by atoms with van der Waals surface area (Å²) in [6, 6.07) is 7.13. The summed E-state index contributed by atoms with van der Waals surface area (Å²) in [7, 11) is 0. The molecule has 1 aromatic heterocycles. The molecule has 1 atom stereocenters. The van der Waals surface area contributed by atoms with Crippen molar-refractivity contribution in [2.75, 3.05) is 19.7 Å². The molecule has 2 heterocycles. The van der Waals surface area contributed by atoms with E-state index in [0.717, 1.165) is 36.7 Å². The van der Waals surface area contributed by atoms with Gasteiger partial charge in [0.15, 0.2) is 0 Å². The van der Waals surface area contributed by atoms with Crippen LogP contribution in [0.1, 0.15) is 28.7 Å². The maximum Gasteiger partial charge on any atom is 0.133 e. The molecule has 5 heteroatoms. The van der Waals surface area contributed by atoms with Gasteiger partial charge in [-0.2, -0.15) is 0 Å². The summed E-state index contributed by atoms with van der Waals surface area (Å²) in [6.07, 6.45) is -0.0222. The first-order chi connectivity index (χ1) is 10.1. The molecular formula is C16H19FN2O2. The second-order valence-corrected chi connectivity index (χ2v) is 5.53. The molecule has 0 bridgehead atoms. The minimum Gasteiger partial charge on any atom is -0.371 e. The second kappa shape index (κ2) is 5.95. The Bertz CT molecular complexity index is 626. The summed E-state index contributed by atoms with van der Waals surface area (Å²) < 4.78 is 24.3. The van der Waals surface area contributed by atoms with Crippen molar-refractivity contribution < 1.29 is 13.7 Å². The Morgan fingerprint density at radius 3 is 2.90 bits per heavy atom. The number of nitrogens with zero attached hydrogens (tertiary/aromatic N) is 2. The Hall–Kier alpha value is -1.72. The van der Waals surface area contributed by atoms with E-state index in [2.05, 4.69) is 10.1 Å². The molecule has 112 valence electrons. The normalized spacial score (nSPS) is 19.9.